The zero-order valence-electron chi connectivity index (χ0n) is 12.1. The van der Waals surface area contributed by atoms with Gasteiger partial charge in [0.2, 0.25) is 13.3 Å². The monoisotopic (exact) mass is 319 g/mol. The summed E-state index contributed by atoms with van der Waals surface area (Å²) in [6.45, 7) is 1.01. The summed E-state index contributed by atoms with van der Waals surface area (Å²) in [5.74, 6) is -0.109. The number of aromatic hydroxyl groups is 1. The van der Waals surface area contributed by atoms with Gasteiger partial charge < -0.3 is 19.0 Å². The molecule has 0 saturated carbocycles. The normalized spacial score (nSPS) is 13.8. The van der Waals surface area contributed by atoms with Crippen LogP contribution >= 0.6 is 0 Å². The summed E-state index contributed by atoms with van der Waals surface area (Å²) < 4.78 is 15.4. The summed E-state index contributed by atoms with van der Waals surface area (Å²) in [5, 5.41) is 21.1. The van der Waals surface area contributed by atoms with E-state index >= 15 is 0 Å². The van der Waals surface area contributed by atoms with Crippen molar-refractivity contribution in [3.63, 3.8) is 0 Å². The van der Waals surface area contributed by atoms with Crippen molar-refractivity contribution in [2.75, 3.05) is 13.3 Å². The van der Waals surface area contributed by atoms with Crippen LogP contribution in [-0.4, -0.2) is 23.4 Å². The fraction of sp³-hybridized carbons (Fsp3) is 0.267. The summed E-state index contributed by atoms with van der Waals surface area (Å²) in [4.78, 5) is 22.6. The van der Waals surface area contributed by atoms with Crippen LogP contribution in [0.5, 0.6) is 17.2 Å². The first-order valence-corrected chi connectivity index (χ1v) is 6.80. The molecule has 1 N–H and O–H groups in total. The van der Waals surface area contributed by atoms with E-state index in [1.54, 1.807) is 18.2 Å². The topological polar surface area (TPSA) is 112 Å². The number of fused-ring (bicyclic) bond motifs is 1. The van der Waals surface area contributed by atoms with Crippen LogP contribution in [0.3, 0.4) is 0 Å². The maximum atomic E-state index is 12.1. The van der Waals surface area contributed by atoms with Gasteiger partial charge in [0.25, 0.3) is 0 Å². The molecule has 8 heteroatoms. The van der Waals surface area contributed by atoms with Crippen LogP contribution in [0.1, 0.15) is 22.8 Å². The second kappa shape index (κ2) is 5.64. The largest absolute Gasteiger partial charge is 0.507 e. The van der Waals surface area contributed by atoms with Crippen molar-refractivity contribution < 1.29 is 23.9 Å². The van der Waals surface area contributed by atoms with E-state index in [1.165, 1.54) is 13.0 Å². The molecule has 0 aliphatic carbocycles. The molecule has 1 atom stereocenters. The maximum Gasteiger partial charge on any atom is 0.343 e. The highest BCUT2D eigenvalue weighted by molar-refractivity contribution is 5.48. The second-order valence-electron chi connectivity index (χ2n) is 5.12. The van der Waals surface area contributed by atoms with E-state index in [9.17, 15) is 20.0 Å². The van der Waals surface area contributed by atoms with Gasteiger partial charge in [0.15, 0.2) is 11.5 Å². The fourth-order valence-corrected chi connectivity index (χ4v) is 2.57. The molecule has 2 heterocycles. The number of aryl methyl sites for hydroxylation is 1. The molecule has 1 aromatic heterocycles. The van der Waals surface area contributed by atoms with Gasteiger partial charge in [-0.2, -0.15) is 0 Å². The van der Waals surface area contributed by atoms with Crippen molar-refractivity contribution in [3.05, 3.63) is 61.7 Å². The van der Waals surface area contributed by atoms with Crippen LogP contribution in [0, 0.1) is 17.0 Å². The lowest BCUT2D eigenvalue weighted by Gasteiger charge is -2.14. The molecule has 0 radical (unpaired) electrons. The molecule has 0 amide bonds. The number of nitro groups is 1. The predicted molar refractivity (Wildman–Crippen MR) is 77.6 cm³/mol. The summed E-state index contributed by atoms with van der Waals surface area (Å²) in [7, 11) is 0. The molecule has 1 aliphatic heterocycles. The Hall–Kier alpha value is -3.03. The Balaban J connectivity index is 2.12. The first-order valence-electron chi connectivity index (χ1n) is 6.80. The molecule has 0 saturated heterocycles. The van der Waals surface area contributed by atoms with E-state index in [0.29, 0.717) is 17.1 Å². The highest BCUT2D eigenvalue weighted by Gasteiger charge is 2.29. The van der Waals surface area contributed by atoms with Gasteiger partial charge in [0.05, 0.1) is 11.5 Å². The lowest BCUT2D eigenvalue weighted by Crippen LogP contribution is -2.21. The van der Waals surface area contributed by atoms with Crippen molar-refractivity contribution in [1.29, 1.82) is 0 Å². The molecule has 1 aromatic carbocycles. The molecule has 8 nitrogen and oxygen atoms in total. The Morgan fingerprint density at radius 1 is 1.30 bits per heavy atom. The standard InChI is InChI=1S/C15H13NO7/c1-8-4-11(17)14(15(18)23-8)10(6-16(19)20)9-2-3-12-13(5-9)22-7-21-12/h2-5,10,17H,6-7H2,1H3. The van der Waals surface area contributed by atoms with Gasteiger partial charge in [-0.1, -0.05) is 6.07 Å². The van der Waals surface area contributed by atoms with Gasteiger partial charge >= 0.3 is 5.63 Å². The number of hydrogen-bond acceptors (Lipinski definition) is 7. The van der Waals surface area contributed by atoms with Gasteiger partial charge in [-0.3, -0.25) is 10.1 Å². The number of benzene rings is 1. The molecular weight excluding hydrogens is 306 g/mol. The molecule has 2 aromatic rings. The number of nitrogens with zero attached hydrogens (tertiary/aromatic N) is 1. The van der Waals surface area contributed by atoms with E-state index < -0.39 is 23.0 Å². The van der Waals surface area contributed by atoms with Crippen LogP contribution in [0.4, 0.5) is 0 Å². The Labute approximate surface area is 130 Å². The summed E-state index contributed by atoms with van der Waals surface area (Å²) >= 11 is 0. The Morgan fingerprint density at radius 2 is 2.04 bits per heavy atom. The van der Waals surface area contributed by atoms with Crippen molar-refractivity contribution in [3.8, 4) is 17.2 Å². The third-order valence-corrected chi connectivity index (χ3v) is 3.57. The minimum absolute atomic E-state index is 0.0661. The van der Waals surface area contributed by atoms with E-state index in [2.05, 4.69) is 0 Å². The van der Waals surface area contributed by atoms with Crippen molar-refractivity contribution in [2.45, 2.75) is 12.8 Å². The zero-order chi connectivity index (χ0) is 16.6. The molecule has 0 spiro atoms. The highest BCUT2D eigenvalue weighted by atomic mass is 16.7. The molecule has 1 unspecified atom stereocenters. The van der Waals surface area contributed by atoms with Crippen LogP contribution in [-0.2, 0) is 0 Å². The van der Waals surface area contributed by atoms with Crippen LogP contribution in [0.2, 0.25) is 0 Å². The number of hydrogen-bond donors (Lipinski definition) is 1. The fourth-order valence-electron chi connectivity index (χ4n) is 2.57. The SMILES string of the molecule is Cc1cc(O)c(C(C[N+](=O)[O-])c2ccc3c(c2)OCO3)c(=O)o1. The third-order valence-electron chi connectivity index (χ3n) is 3.57. The number of ether oxygens (including phenoxy) is 2. The van der Waals surface area contributed by atoms with Crippen molar-refractivity contribution in [1.82, 2.24) is 0 Å². The van der Waals surface area contributed by atoms with E-state index in [4.69, 9.17) is 13.9 Å². The maximum absolute atomic E-state index is 12.1. The Morgan fingerprint density at radius 3 is 2.74 bits per heavy atom. The van der Waals surface area contributed by atoms with Crippen molar-refractivity contribution >= 4 is 0 Å². The smallest absolute Gasteiger partial charge is 0.343 e. The van der Waals surface area contributed by atoms with Crippen molar-refractivity contribution in [2.24, 2.45) is 0 Å². The lowest BCUT2D eigenvalue weighted by atomic mass is 9.91. The van der Waals surface area contributed by atoms with E-state index in [1.807, 2.05) is 0 Å². The highest BCUT2D eigenvalue weighted by Crippen LogP contribution is 2.37. The molecule has 0 fully saturated rings. The average molecular weight is 319 g/mol. The second-order valence-corrected chi connectivity index (χ2v) is 5.12. The first kappa shape index (κ1) is 14.9. The summed E-state index contributed by atoms with van der Waals surface area (Å²) in [6.07, 6.45) is 0. The van der Waals surface area contributed by atoms with Gasteiger partial charge in [-0.05, 0) is 24.6 Å². The Bertz CT molecular complexity index is 827. The average Bonchev–Trinajstić information content (AvgIpc) is 2.92. The van der Waals surface area contributed by atoms with Gasteiger partial charge in [-0.25, -0.2) is 4.79 Å². The van der Waals surface area contributed by atoms with Gasteiger partial charge in [0, 0.05) is 11.0 Å². The molecular formula is C15H13NO7. The molecule has 3 rings (SSSR count). The van der Waals surface area contributed by atoms with E-state index in [-0.39, 0.29) is 23.9 Å². The minimum atomic E-state index is -0.962. The zero-order valence-corrected chi connectivity index (χ0v) is 12.1. The van der Waals surface area contributed by atoms with Crippen LogP contribution in [0.25, 0.3) is 0 Å². The molecule has 0 bridgehead atoms. The molecule has 120 valence electrons. The van der Waals surface area contributed by atoms with Gasteiger partial charge in [-0.15, -0.1) is 0 Å². The summed E-state index contributed by atoms with van der Waals surface area (Å²) in [6, 6.07) is 6.03. The predicted octanol–water partition coefficient (Wildman–Crippen LogP) is 1.79. The van der Waals surface area contributed by atoms with E-state index in [0.717, 1.165) is 0 Å². The lowest BCUT2D eigenvalue weighted by molar-refractivity contribution is -0.481. The minimum Gasteiger partial charge on any atom is -0.507 e. The van der Waals surface area contributed by atoms with Gasteiger partial charge in [0.1, 0.15) is 11.5 Å². The third kappa shape index (κ3) is 2.83. The molecule has 23 heavy (non-hydrogen) atoms. The quantitative estimate of drug-likeness (QED) is 0.675. The Kier molecular flexibility index (Phi) is 3.65. The first-order chi connectivity index (χ1) is 11.0. The number of rotatable bonds is 4. The summed E-state index contributed by atoms with van der Waals surface area (Å²) in [5.41, 5.74) is -0.490. The van der Waals surface area contributed by atoms with Crippen LogP contribution in [0.15, 0.2) is 33.5 Å². The molecule has 1 aliphatic rings. The van der Waals surface area contributed by atoms with Crippen LogP contribution < -0.4 is 15.1 Å².